The largest absolute Gasteiger partial charge is 0.378 e. The summed E-state index contributed by atoms with van der Waals surface area (Å²) in [5.74, 6) is 1.24. The molecule has 0 aliphatic heterocycles. The van der Waals surface area contributed by atoms with Crippen molar-refractivity contribution in [2.24, 2.45) is 11.8 Å². The molecular weight excluding hydrogens is 334 g/mol. The lowest BCUT2D eigenvalue weighted by Crippen LogP contribution is -2.36. The van der Waals surface area contributed by atoms with Gasteiger partial charge in [-0.25, -0.2) is 0 Å². The van der Waals surface area contributed by atoms with E-state index in [4.69, 9.17) is 9.47 Å². The van der Waals surface area contributed by atoms with E-state index in [9.17, 15) is 9.59 Å². The van der Waals surface area contributed by atoms with Gasteiger partial charge in [-0.3, -0.25) is 9.59 Å². The Morgan fingerprint density at radius 3 is 1.92 bits per heavy atom. The fourth-order valence-corrected chi connectivity index (χ4v) is 2.00. The maximum atomic E-state index is 11.5. The van der Waals surface area contributed by atoms with Gasteiger partial charge in [0.25, 0.3) is 0 Å². The molecule has 3 N–H and O–H groups in total. The zero-order valence-electron chi connectivity index (χ0n) is 17.1. The van der Waals surface area contributed by atoms with Gasteiger partial charge in [-0.2, -0.15) is 0 Å². The number of hydrogen-bond donors (Lipinski definition) is 3. The van der Waals surface area contributed by atoms with Crippen molar-refractivity contribution in [3.63, 3.8) is 0 Å². The van der Waals surface area contributed by atoms with Crippen molar-refractivity contribution in [3.8, 4) is 0 Å². The summed E-state index contributed by atoms with van der Waals surface area (Å²) in [6, 6.07) is 0. The van der Waals surface area contributed by atoms with Crippen LogP contribution in [-0.4, -0.2) is 64.4 Å². The lowest BCUT2D eigenvalue weighted by atomic mass is 10.1. The van der Waals surface area contributed by atoms with Gasteiger partial charge in [-0.15, -0.1) is 0 Å². The van der Waals surface area contributed by atoms with Crippen molar-refractivity contribution in [1.82, 2.24) is 16.0 Å². The molecule has 0 aliphatic carbocycles. The third-order valence-corrected chi connectivity index (χ3v) is 3.64. The molecule has 0 saturated carbocycles. The highest BCUT2D eigenvalue weighted by atomic mass is 16.5. The second-order valence-electron chi connectivity index (χ2n) is 7.22. The molecule has 0 aromatic carbocycles. The van der Waals surface area contributed by atoms with Crippen LogP contribution < -0.4 is 16.0 Å². The zero-order chi connectivity index (χ0) is 19.6. The van der Waals surface area contributed by atoms with Gasteiger partial charge < -0.3 is 25.4 Å². The van der Waals surface area contributed by atoms with Crippen LogP contribution in [0.5, 0.6) is 0 Å². The zero-order valence-corrected chi connectivity index (χ0v) is 17.1. The Kier molecular flexibility index (Phi) is 16.5. The van der Waals surface area contributed by atoms with Gasteiger partial charge in [0.05, 0.1) is 33.0 Å². The number of carbonyl (C=O) groups excluding carboxylic acids is 2. The average molecular weight is 374 g/mol. The summed E-state index contributed by atoms with van der Waals surface area (Å²) >= 11 is 0. The minimum atomic E-state index is 0.0180. The third kappa shape index (κ3) is 19.1. The molecule has 0 fully saturated rings. The molecule has 0 unspecified atom stereocenters. The molecule has 2 amide bonds. The molecule has 0 spiro atoms. The molecule has 0 aromatic heterocycles. The van der Waals surface area contributed by atoms with E-state index in [1.165, 1.54) is 0 Å². The molecule has 0 bridgehead atoms. The van der Waals surface area contributed by atoms with Crippen molar-refractivity contribution < 1.29 is 19.1 Å². The van der Waals surface area contributed by atoms with Crippen molar-refractivity contribution in [2.75, 3.05) is 52.6 Å². The molecule has 154 valence electrons. The van der Waals surface area contributed by atoms with E-state index in [1.807, 2.05) is 0 Å². The summed E-state index contributed by atoms with van der Waals surface area (Å²) in [5, 5.41) is 8.75. The van der Waals surface area contributed by atoms with Gasteiger partial charge in [0, 0.05) is 26.1 Å². The van der Waals surface area contributed by atoms with E-state index in [-0.39, 0.29) is 11.8 Å². The Morgan fingerprint density at radius 1 is 0.731 bits per heavy atom. The van der Waals surface area contributed by atoms with Crippen LogP contribution in [0, 0.1) is 11.8 Å². The highest BCUT2D eigenvalue weighted by Gasteiger charge is 2.02. The van der Waals surface area contributed by atoms with Gasteiger partial charge in [-0.1, -0.05) is 27.7 Å². The first kappa shape index (κ1) is 24.8. The minimum absolute atomic E-state index is 0.0180. The standard InChI is InChI=1S/C19H39N3O4/c1-16(2)5-6-18(23)22-10-12-26-14-13-25-11-9-20-15-19(24)21-8-7-17(3)4/h16-17,20H,5-15H2,1-4H3,(H,21,24)(H,22,23). The van der Waals surface area contributed by atoms with Crippen molar-refractivity contribution in [3.05, 3.63) is 0 Å². The SMILES string of the molecule is CC(C)CCNC(=O)CNCCOCCOCCNC(=O)CCC(C)C. The van der Waals surface area contributed by atoms with E-state index < -0.39 is 0 Å². The molecule has 0 aromatic rings. The summed E-state index contributed by atoms with van der Waals surface area (Å²) in [4.78, 5) is 23.0. The van der Waals surface area contributed by atoms with Crippen LogP contribution in [0.4, 0.5) is 0 Å². The monoisotopic (exact) mass is 373 g/mol. The van der Waals surface area contributed by atoms with Gasteiger partial charge in [0.2, 0.25) is 11.8 Å². The van der Waals surface area contributed by atoms with Crippen molar-refractivity contribution in [2.45, 2.75) is 47.0 Å². The number of nitrogens with one attached hydrogen (secondary N) is 3. The average Bonchev–Trinajstić information content (AvgIpc) is 2.57. The van der Waals surface area contributed by atoms with E-state index in [0.717, 1.165) is 19.4 Å². The Balaban J connectivity index is 3.24. The topological polar surface area (TPSA) is 88.7 Å². The van der Waals surface area contributed by atoms with Crippen LogP contribution in [0.15, 0.2) is 0 Å². The molecule has 0 atom stereocenters. The van der Waals surface area contributed by atoms with Crippen LogP contribution in [-0.2, 0) is 19.1 Å². The fourth-order valence-electron chi connectivity index (χ4n) is 2.00. The number of amides is 2. The quantitative estimate of drug-likeness (QED) is 0.335. The Morgan fingerprint density at radius 2 is 1.31 bits per heavy atom. The van der Waals surface area contributed by atoms with Crippen LogP contribution in [0.25, 0.3) is 0 Å². The lowest BCUT2D eigenvalue weighted by Gasteiger charge is -2.09. The molecule has 0 aliphatic rings. The van der Waals surface area contributed by atoms with Crippen molar-refractivity contribution in [1.29, 1.82) is 0 Å². The maximum Gasteiger partial charge on any atom is 0.233 e. The summed E-state index contributed by atoms with van der Waals surface area (Å²) in [7, 11) is 0. The molecule has 26 heavy (non-hydrogen) atoms. The summed E-state index contributed by atoms with van der Waals surface area (Å²) in [5.41, 5.74) is 0. The number of hydrogen-bond acceptors (Lipinski definition) is 5. The molecule has 0 radical (unpaired) electrons. The molecule has 0 heterocycles. The number of ether oxygens (including phenoxy) is 2. The Bertz CT molecular complexity index is 363. The fraction of sp³-hybridized carbons (Fsp3) is 0.895. The third-order valence-electron chi connectivity index (χ3n) is 3.64. The van der Waals surface area contributed by atoms with Gasteiger partial charge in [0.15, 0.2) is 0 Å². The summed E-state index contributed by atoms with van der Waals surface area (Å²) in [6.07, 6.45) is 2.48. The van der Waals surface area contributed by atoms with Crippen LogP contribution in [0.3, 0.4) is 0 Å². The molecular formula is C19H39N3O4. The molecule has 7 nitrogen and oxygen atoms in total. The summed E-state index contributed by atoms with van der Waals surface area (Å²) in [6.45, 7) is 12.7. The van der Waals surface area contributed by atoms with Gasteiger partial charge in [0.1, 0.15) is 0 Å². The van der Waals surface area contributed by atoms with Gasteiger partial charge in [-0.05, 0) is 24.7 Å². The second kappa shape index (κ2) is 17.2. The molecule has 0 rings (SSSR count). The number of carbonyl (C=O) groups is 2. The van der Waals surface area contributed by atoms with Crippen LogP contribution in [0.1, 0.15) is 47.0 Å². The van der Waals surface area contributed by atoms with Crippen molar-refractivity contribution >= 4 is 11.8 Å². The Labute approximate surface area is 159 Å². The smallest absolute Gasteiger partial charge is 0.233 e. The van der Waals surface area contributed by atoms with E-state index in [1.54, 1.807) is 0 Å². The predicted molar refractivity (Wildman–Crippen MR) is 104 cm³/mol. The minimum Gasteiger partial charge on any atom is -0.378 e. The molecule has 0 saturated heterocycles. The lowest BCUT2D eigenvalue weighted by molar-refractivity contribution is -0.122. The maximum absolute atomic E-state index is 11.5. The first-order valence-electron chi connectivity index (χ1n) is 9.81. The first-order chi connectivity index (χ1) is 12.4. The molecule has 7 heteroatoms. The predicted octanol–water partition coefficient (Wildman–Crippen LogP) is 1.32. The van der Waals surface area contributed by atoms with E-state index in [0.29, 0.717) is 64.3 Å². The van der Waals surface area contributed by atoms with E-state index in [2.05, 4.69) is 43.6 Å². The highest BCUT2D eigenvalue weighted by molar-refractivity contribution is 5.77. The van der Waals surface area contributed by atoms with Crippen LogP contribution >= 0.6 is 0 Å². The van der Waals surface area contributed by atoms with Crippen LogP contribution in [0.2, 0.25) is 0 Å². The normalized spacial score (nSPS) is 11.2. The van der Waals surface area contributed by atoms with E-state index >= 15 is 0 Å². The number of rotatable bonds is 17. The first-order valence-corrected chi connectivity index (χ1v) is 9.81. The summed E-state index contributed by atoms with van der Waals surface area (Å²) < 4.78 is 10.8. The second-order valence-corrected chi connectivity index (χ2v) is 7.22. The Hall–Kier alpha value is -1.18. The highest BCUT2D eigenvalue weighted by Crippen LogP contribution is 2.02. The van der Waals surface area contributed by atoms with Gasteiger partial charge >= 0.3 is 0 Å².